The van der Waals surface area contributed by atoms with Gasteiger partial charge in [0.25, 0.3) is 0 Å². The minimum absolute atomic E-state index is 0.331. The lowest BCUT2D eigenvalue weighted by Gasteiger charge is -2.62. The van der Waals surface area contributed by atoms with Gasteiger partial charge in [-0.1, -0.05) is 232 Å². The second-order valence-corrected chi connectivity index (χ2v) is 26.4. The van der Waals surface area contributed by atoms with Crippen LogP contribution < -0.4 is 42.4 Å². The SMILES string of the molecule is C1CCOC1.CC(C)c1cccc(C(C)C)c1-n1cc[n+](-c2c(C(C)C)cccc2C(C)C)c1[B-]12CC[B-](c3n(-c4c(C(C)C)cccc4C(C)C)cc[n+]3-c3c(C(C)C)cccc3C(C)C)(c3ccccc31)c1ccccc12. The average molecular weight is 1050 g/mol. The molecule has 12 rings (SSSR count). The van der Waals surface area contributed by atoms with E-state index in [1.807, 2.05) is 0 Å². The maximum absolute atomic E-state index is 4.94. The Morgan fingerprint density at radius 3 is 0.823 bits per heavy atom. The van der Waals surface area contributed by atoms with E-state index < -0.39 is 12.3 Å². The highest BCUT2D eigenvalue weighted by Crippen LogP contribution is 2.39. The number of para-hydroxylation sites is 4. The fourth-order valence-electron chi connectivity index (χ4n) is 15.3. The van der Waals surface area contributed by atoms with Crippen molar-refractivity contribution in [1.82, 2.24) is 9.13 Å². The topological polar surface area (TPSA) is 26.8 Å². The molecular formula is C72H92B2N4O. The first-order valence-electron chi connectivity index (χ1n) is 30.8. The zero-order valence-electron chi connectivity index (χ0n) is 51.1. The van der Waals surface area contributed by atoms with E-state index in [1.54, 1.807) is 0 Å². The molecule has 6 heterocycles. The van der Waals surface area contributed by atoms with E-state index in [2.05, 4.69) is 275 Å². The summed E-state index contributed by atoms with van der Waals surface area (Å²) in [4.78, 5) is 0. The van der Waals surface area contributed by atoms with Crippen LogP contribution in [0.2, 0.25) is 12.6 Å². The highest BCUT2D eigenvalue weighted by molar-refractivity contribution is 7.27. The van der Waals surface area contributed by atoms with Gasteiger partial charge in [0.05, 0.1) is 11.4 Å². The molecule has 79 heavy (non-hydrogen) atoms. The van der Waals surface area contributed by atoms with E-state index in [0.29, 0.717) is 47.3 Å². The number of hydrogen-bond donors (Lipinski definition) is 0. The average Bonchev–Trinajstić information content (AvgIpc) is 1.99. The Hall–Kier alpha value is -6.17. The van der Waals surface area contributed by atoms with Gasteiger partial charge in [0.2, 0.25) is 0 Å². The summed E-state index contributed by atoms with van der Waals surface area (Å²) in [5, 5.41) is 0. The van der Waals surface area contributed by atoms with Crippen molar-refractivity contribution in [2.75, 3.05) is 13.2 Å². The first-order chi connectivity index (χ1) is 37.9. The largest absolute Gasteiger partial charge is 0.381 e. The third-order valence-electron chi connectivity index (χ3n) is 18.9. The van der Waals surface area contributed by atoms with Crippen molar-refractivity contribution in [3.63, 3.8) is 0 Å². The molecule has 0 aliphatic carbocycles. The van der Waals surface area contributed by atoms with Gasteiger partial charge in [0, 0.05) is 57.7 Å². The lowest BCUT2D eigenvalue weighted by atomic mass is 8.96. The molecule has 2 aromatic heterocycles. The van der Waals surface area contributed by atoms with Crippen molar-refractivity contribution in [1.29, 1.82) is 0 Å². The molecule has 8 aromatic rings. The normalized spacial score (nSPS) is 17.8. The van der Waals surface area contributed by atoms with Crippen molar-refractivity contribution >= 4 is 45.6 Å². The van der Waals surface area contributed by atoms with Gasteiger partial charge in [-0.3, -0.25) is 0 Å². The van der Waals surface area contributed by atoms with Gasteiger partial charge < -0.3 is 4.74 Å². The van der Waals surface area contributed by atoms with Gasteiger partial charge in [-0.25, -0.2) is 40.1 Å². The minimum Gasteiger partial charge on any atom is -0.381 e. The second kappa shape index (κ2) is 22.4. The standard InChI is InChI=1S/C68H84B2N4.C4H8O/c1-43(2)51-25-21-26-52(44(3)4)63(51)71-39-40-72(64-53(45(5)6)27-22-28-54(64)46(7)8)67(71)69-37-38-70(61-35-19-17-33-59(61)69,62-36-20-18-34-60(62)69)68-73(65-55(47(9)10)29-23-30-56(65)48(11)12)41-42-74(68)66-57(49(13)14)31-24-32-58(66)50(15)16;1-2-4-5-3-1/h17-36,39-50H,37-38H2,1-16H3;1-4H2. The Balaban J connectivity index is 0.00000133. The third-order valence-corrected chi connectivity index (χ3v) is 18.9. The molecule has 0 saturated carbocycles. The zero-order chi connectivity index (χ0) is 56.2. The van der Waals surface area contributed by atoms with Gasteiger partial charge in [0.1, 0.15) is 47.5 Å². The lowest BCUT2D eigenvalue weighted by molar-refractivity contribution is -0.577. The van der Waals surface area contributed by atoms with E-state index in [-0.39, 0.29) is 0 Å². The van der Waals surface area contributed by atoms with Gasteiger partial charge in [0.15, 0.2) is 12.3 Å². The Labute approximate surface area is 476 Å². The number of nitrogens with zero attached hydrogens (tertiary/aromatic N) is 4. The molecule has 4 aliphatic rings. The van der Waals surface area contributed by atoms with E-state index in [9.17, 15) is 0 Å². The molecular weight excluding hydrogens is 958 g/mol. The fraction of sp³-hybridized carbons (Fsp3) is 0.417. The molecule has 7 heteroatoms. The van der Waals surface area contributed by atoms with Crippen LogP contribution in [0.3, 0.4) is 0 Å². The van der Waals surface area contributed by atoms with Crippen molar-refractivity contribution in [3.05, 3.63) is 191 Å². The van der Waals surface area contributed by atoms with Crippen LogP contribution in [0.5, 0.6) is 0 Å². The predicted molar refractivity (Wildman–Crippen MR) is 339 cm³/mol. The summed E-state index contributed by atoms with van der Waals surface area (Å²) in [6.45, 7) is 40.1. The molecule has 6 aromatic carbocycles. The molecule has 0 amide bonds. The van der Waals surface area contributed by atoms with Gasteiger partial charge in [-0.2, -0.15) is 12.6 Å². The van der Waals surface area contributed by atoms with Gasteiger partial charge in [-0.15, -0.1) is 0 Å². The van der Waals surface area contributed by atoms with Crippen LogP contribution in [0.1, 0.15) is 215 Å². The van der Waals surface area contributed by atoms with E-state index in [1.165, 1.54) is 113 Å². The van der Waals surface area contributed by atoms with Crippen LogP contribution >= 0.6 is 0 Å². The minimum atomic E-state index is -1.63. The van der Waals surface area contributed by atoms with Crippen molar-refractivity contribution in [3.8, 4) is 22.7 Å². The highest BCUT2D eigenvalue weighted by atomic mass is 16.5. The molecule has 0 radical (unpaired) electrons. The Kier molecular flexibility index (Phi) is 15.9. The summed E-state index contributed by atoms with van der Waals surface area (Å²) in [6, 6.07) is 48.1. The van der Waals surface area contributed by atoms with Crippen LogP contribution in [0.25, 0.3) is 22.7 Å². The smallest absolute Gasteiger partial charge is 0.168 e. The Morgan fingerprint density at radius 1 is 0.342 bits per heavy atom. The molecule has 5 nitrogen and oxygen atoms in total. The molecule has 0 N–H and O–H groups in total. The molecule has 0 unspecified atom stereocenters. The first-order valence-corrected chi connectivity index (χ1v) is 30.8. The highest BCUT2D eigenvalue weighted by Gasteiger charge is 2.57. The maximum Gasteiger partial charge on any atom is 0.168 e. The summed E-state index contributed by atoms with van der Waals surface area (Å²) in [5.41, 5.74) is 25.3. The number of aromatic nitrogens is 4. The van der Waals surface area contributed by atoms with Crippen LogP contribution in [0.15, 0.2) is 146 Å². The summed E-state index contributed by atoms with van der Waals surface area (Å²) in [5.74, 6) is 2.64. The third kappa shape index (κ3) is 9.32. The lowest BCUT2D eigenvalue weighted by Crippen LogP contribution is -2.95. The van der Waals surface area contributed by atoms with Crippen molar-refractivity contribution in [2.24, 2.45) is 0 Å². The molecule has 2 bridgehead atoms. The number of ether oxygens (including phenoxy) is 1. The molecule has 1 saturated heterocycles. The molecule has 4 aliphatic heterocycles. The van der Waals surface area contributed by atoms with Gasteiger partial charge >= 0.3 is 0 Å². The summed E-state index contributed by atoms with van der Waals surface area (Å²) >= 11 is 0. The van der Waals surface area contributed by atoms with Crippen molar-refractivity contribution < 1.29 is 13.9 Å². The van der Waals surface area contributed by atoms with Gasteiger partial charge in [-0.05, 0) is 60.2 Å². The Bertz CT molecular complexity index is 2940. The van der Waals surface area contributed by atoms with Crippen LogP contribution in [-0.2, 0) is 4.74 Å². The molecule has 412 valence electrons. The van der Waals surface area contributed by atoms with E-state index >= 15 is 0 Å². The summed E-state index contributed by atoms with van der Waals surface area (Å²) in [6.07, 6.45) is 11.1. The van der Waals surface area contributed by atoms with Crippen LogP contribution in [0, 0.1) is 0 Å². The first kappa shape index (κ1) is 56.1. The van der Waals surface area contributed by atoms with Crippen molar-refractivity contribution in [2.45, 2.75) is 184 Å². The number of rotatable bonds is 14. The number of imidazole rings is 2. The quantitative estimate of drug-likeness (QED) is 0.0787. The Morgan fingerprint density at radius 2 is 0.595 bits per heavy atom. The number of fused-ring (bicyclic) bond motifs is 1. The molecule has 0 spiro atoms. The van der Waals surface area contributed by atoms with E-state index in [4.69, 9.17) is 4.74 Å². The second-order valence-electron chi connectivity index (χ2n) is 26.4. The fourth-order valence-corrected chi connectivity index (χ4v) is 15.3. The molecule has 1 fully saturated rings. The number of hydrogen-bond acceptors (Lipinski definition) is 1. The monoisotopic (exact) mass is 1050 g/mol. The van der Waals surface area contributed by atoms with Crippen LogP contribution in [-0.4, -0.2) is 34.6 Å². The maximum atomic E-state index is 4.94. The summed E-state index contributed by atoms with van der Waals surface area (Å²) in [7, 11) is 0. The molecule has 0 atom stereocenters. The predicted octanol–water partition coefficient (Wildman–Crippen LogP) is 13.9. The summed E-state index contributed by atoms with van der Waals surface area (Å²) < 4.78 is 15.8. The van der Waals surface area contributed by atoms with Crippen LogP contribution in [0.4, 0.5) is 0 Å². The number of benzene rings is 6. The zero-order valence-corrected chi connectivity index (χ0v) is 51.1. The van der Waals surface area contributed by atoms with E-state index in [0.717, 1.165) is 25.9 Å².